The van der Waals surface area contributed by atoms with Crippen LogP contribution in [0.1, 0.15) is 115 Å². The first kappa shape index (κ1) is 20.3. The van der Waals surface area contributed by atoms with E-state index in [9.17, 15) is 0 Å². The van der Waals surface area contributed by atoms with Gasteiger partial charge in [-0.05, 0) is 24.5 Å². The molecule has 1 aromatic rings. The monoisotopic (exact) mass is 320 g/mol. The highest BCUT2D eigenvalue weighted by molar-refractivity contribution is 5.04. The molecule has 1 heteroatoms. The van der Waals surface area contributed by atoms with Gasteiger partial charge in [0.1, 0.15) is 0 Å². The van der Waals surface area contributed by atoms with Crippen LogP contribution < -0.4 is 0 Å². The number of hydrogen-bond acceptors (Lipinski definition) is 1. The minimum atomic E-state index is 1.19. The minimum Gasteiger partial charge on any atom is -0.472 e. The number of hydrogen-bond donors (Lipinski definition) is 0. The molecular weight excluding hydrogens is 280 g/mol. The molecule has 0 aliphatic rings. The minimum absolute atomic E-state index is 1.19. The van der Waals surface area contributed by atoms with Crippen molar-refractivity contribution in [2.45, 2.75) is 116 Å². The molecule has 0 bridgehead atoms. The molecule has 23 heavy (non-hydrogen) atoms. The Balaban J connectivity index is 1.67. The van der Waals surface area contributed by atoms with E-state index in [0.29, 0.717) is 0 Å². The lowest BCUT2D eigenvalue weighted by Crippen LogP contribution is -1.85. The molecule has 0 aromatic carbocycles. The zero-order valence-electron chi connectivity index (χ0n) is 15.7. The van der Waals surface area contributed by atoms with Gasteiger partial charge in [-0.3, -0.25) is 0 Å². The molecule has 0 aliphatic carbocycles. The molecular formula is C22H40O. The smallest absolute Gasteiger partial charge is 0.0934 e. The van der Waals surface area contributed by atoms with E-state index in [2.05, 4.69) is 13.0 Å². The quantitative estimate of drug-likeness (QED) is 0.264. The van der Waals surface area contributed by atoms with Crippen LogP contribution in [0.4, 0.5) is 0 Å². The third-order valence-electron chi connectivity index (χ3n) is 4.90. The molecule has 1 heterocycles. The fourth-order valence-corrected chi connectivity index (χ4v) is 3.31. The van der Waals surface area contributed by atoms with Crippen LogP contribution in [0.15, 0.2) is 23.0 Å². The summed E-state index contributed by atoms with van der Waals surface area (Å²) in [5.74, 6) is 0. The number of rotatable bonds is 17. The SMILES string of the molecule is CCCCCCCCCCCCCCCCCCc1ccoc1. The third-order valence-corrected chi connectivity index (χ3v) is 4.90. The van der Waals surface area contributed by atoms with Crippen LogP contribution in [0.2, 0.25) is 0 Å². The van der Waals surface area contributed by atoms with Gasteiger partial charge in [0.25, 0.3) is 0 Å². The fourth-order valence-electron chi connectivity index (χ4n) is 3.31. The Kier molecular flexibility index (Phi) is 14.3. The van der Waals surface area contributed by atoms with Crippen LogP contribution in [0.5, 0.6) is 0 Å². The van der Waals surface area contributed by atoms with E-state index >= 15 is 0 Å². The molecule has 0 unspecified atom stereocenters. The van der Waals surface area contributed by atoms with Crippen molar-refractivity contribution in [3.63, 3.8) is 0 Å². The van der Waals surface area contributed by atoms with Gasteiger partial charge in [0.2, 0.25) is 0 Å². The molecule has 1 nitrogen and oxygen atoms in total. The molecule has 1 rings (SSSR count). The molecule has 1 aromatic heterocycles. The van der Waals surface area contributed by atoms with Gasteiger partial charge in [-0.1, -0.05) is 103 Å². The predicted octanol–water partition coefficient (Wildman–Crippen LogP) is 8.08. The molecule has 0 radical (unpaired) electrons. The zero-order chi connectivity index (χ0) is 16.4. The van der Waals surface area contributed by atoms with E-state index in [4.69, 9.17) is 4.42 Å². The summed E-state index contributed by atoms with van der Waals surface area (Å²) >= 11 is 0. The van der Waals surface area contributed by atoms with E-state index < -0.39 is 0 Å². The molecule has 0 atom stereocenters. The Bertz CT molecular complexity index is 315. The van der Waals surface area contributed by atoms with Gasteiger partial charge < -0.3 is 4.42 Å². The lowest BCUT2D eigenvalue weighted by molar-refractivity contribution is 0.529. The highest BCUT2D eigenvalue weighted by Gasteiger charge is 1.96. The first-order valence-corrected chi connectivity index (χ1v) is 10.4. The maximum Gasteiger partial charge on any atom is 0.0934 e. The van der Waals surface area contributed by atoms with Crippen molar-refractivity contribution >= 4 is 0 Å². The van der Waals surface area contributed by atoms with E-state index in [-0.39, 0.29) is 0 Å². The Labute approximate surface area is 145 Å². The first-order chi connectivity index (χ1) is 11.4. The summed E-state index contributed by atoms with van der Waals surface area (Å²) in [5, 5.41) is 0. The second kappa shape index (κ2) is 16.1. The number of furan rings is 1. The molecule has 0 aliphatic heterocycles. The van der Waals surface area contributed by atoms with Crippen molar-refractivity contribution in [1.29, 1.82) is 0 Å². The van der Waals surface area contributed by atoms with Gasteiger partial charge in [0, 0.05) is 0 Å². The summed E-state index contributed by atoms with van der Waals surface area (Å²) in [7, 11) is 0. The average Bonchev–Trinajstić information content (AvgIpc) is 3.08. The molecule has 0 amide bonds. The predicted molar refractivity (Wildman–Crippen MR) is 102 cm³/mol. The Morgan fingerprint density at radius 1 is 0.609 bits per heavy atom. The van der Waals surface area contributed by atoms with Crippen molar-refractivity contribution in [2.75, 3.05) is 0 Å². The standard InChI is InChI=1S/C22H40O/c1-2-3-4-5-6-7-8-9-10-11-12-13-14-15-16-17-18-22-19-20-23-21-22/h19-21H,2-18H2,1H3. The molecule has 0 saturated heterocycles. The summed E-state index contributed by atoms with van der Waals surface area (Å²) in [4.78, 5) is 0. The zero-order valence-corrected chi connectivity index (χ0v) is 15.7. The first-order valence-electron chi connectivity index (χ1n) is 10.4. The van der Waals surface area contributed by atoms with Crippen molar-refractivity contribution in [3.8, 4) is 0 Å². The van der Waals surface area contributed by atoms with Crippen molar-refractivity contribution in [2.24, 2.45) is 0 Å². The summed E-state index contributed by atoms with van der Waals surface area (Å²) in [6, 6.07) is 2.09. The van der Waals surface area contributed by atoms with Gasteiger partial charge in [-0.25, -0.2) is 0 Å². The average molecular weight is 321 g/mol. The molecule has 0 fully saturated rings. The third kappa shape index (κ3) is 13.4. The molecule has 134 valence electrons. The van der Waals surface area contributed by atoms with Crippen molar-refractivity contribution in [3.05, 3.63) is 24.2 Å². The Morgan fingerprint density at radius 2 is 1.04 bits per heavy atom. The van der Waals surface area contributed by atoms with Crippen LogP contribution in [0.3, 0.4) is 0 Å². The van der Waals surface area contributed by atoms with Crippen molar-refractivity contribution < 1.29 is 4.42 Å². The summed E-state index contributed by atoms with van der Waals surface area (Å²) in [5.41, 5.74) is 1.36. The van der Waals surface area contributed by atoms with E-state index in [0.717, 1.165) is 0 Å². The van der Waals surface area contributed by atoms with Crippen LogP contribution >= 0.6 is 0 Å². The van der Waals surface area contributed by atoms with Crippen LogP contribution in [-0.4, -0.2) is 0 Å². The molecule has 0 saturated carbocycles. The lowest BCUT2D eigenvalue weighted by atomic mass is 10.0. The van der Waals surface area contributed by atoms with Gasteiger partial charge >= 0.3 is 0 Å². The Morgan fingerprint density at radius 3 is 1.43 bits per heavy atom. The summed E-state index contributed by atoms with van der Waals surface area (Å²) < 4.78 is 5.09. The highest BCUT2D eigenvalue weighted by Crippen LogP contribution is 2.14. The van der Waals surface area contributed by atoms with Gasteiger partial charge in [0.05, 0.1) is 12.5 Å². The maximum atomic E-state index is 5.09. The number of unbranched alkanes of at least 4 members (excludes halogenated alkanes) is 15. The van der Waals surface area contributed by atoms with E-state index in [1.807, 2.05) is 6.26 Å². The normalized spacial score (nSPS) is 11.2. The second-order valence-electron chi connectivity index (χ2n) is 7.18. The Hall–Kier alpha value is -0.720. The van der Waals surface area contributed by atoms with Gasteiger partial charge in [0.15, 0.2) is 0 Å². The van der Waals surface area contributed by atoms with Crippen LogP contribution in [0.25, 0.3) is 0 Å². The van der Waals surface area contributed by atoms with E-state index in [1.165, 1.54) is 115 Å². The van der Waals surface area contributed by atoms with E-state index in [1.54, 1.807) is 6.26 Å². The largest absolute Gasteiger partial charge is 0.472 e. The van der Waals surface area contributed by atoms with Crippen LogP contribution in [-0.2, 0) is 6.42 Å². The van der Waals surface area contributed by atoms with Gasteiger partial charge in [-0.15, -0.1) is 0 Å². The number of aryl methyl sites for hydroxylation is 1. The fraction of sp³-hybridized carbons (Fsp3) is 0.818. The summed E-state index contributed by atoms with van der Waals surface area (Å²) in [6.07, 6.45) is 27.8. The molecule has 0 N–H and O–H groups in total. The topological polar surface area (TPSA) is 13.1 Å². The lowest BCUT2D eigenvalue weighted by Gasteiger charge is -2.03. The highest BCUT2D eigenvalue weighted by atomic mass is 16.3. The molecule has 0 spiro atoms. The van der Waals surface area contributed by atoms with Gasteiger partial charge in [-0.2, -0.15) is 0 Å². The second-order valence-corrected chi connectivity index (χ2v) is 7.18. The summed E-state index contributed by atoms with van der Waals surface area (Å²) in [6.45, 7) is 2.29. The van der Waals surface area contributed by atoms with Crippen molar-refractivity contribution in [1.82, 2.24) is 0 Å². The van der Waals surface area contributed by atoms with Crippen LogP contribution in [0, 0.1) is 0 Å². The maximum absolute atomic E-state index is 5.09.